The van der Waals surface area contributed by atoms with Crippen molar-refractivity contribution in [1.29, 1.82) is 0 Å². The Labute approximate surface area is 114 Å². The van der Waals surface area contributed by atoms with Gasteiger partial charge in [-0.1, -0.05) is 12.8 Å². The molecule has 3 rings (SSSR count). The Hall–Kier alpha value is -1.40. The second kappa shape index (κ2) is 4.94. The fraction of sp³-hybridized carbons (Fsp3) is 0.538. The van der Waals surface area contributed by atoms with E-state index in [1.165, 1.54) is 24.2 Å². The minimum Gasteiger partial charge on any atom is -0.477 e. The number of aromatic nitrogens is 2. The van der Waals surface area contributed by atoms with Crippen molar-refractivity contribution in [2.45, 2.75) is 38.3 Å². The Morgan fingerprint density at radius 1 is 1.58 bits per heavy atom. The topological polar surface area (TPSA) is 64.4 Å². The Balaban J connectivity index is 2.11. The molecule has 0 aliphatic heterocycles. The highest BCUT2D eigenvalue weighted by Gasteiger charge is 2.24. The second-order valence-electron chi connectivity index (χ2n) is 4.90. The Morgan fingerprint density at radius 2 is 2.32 bits per heavy atom. The number of carboxylic acid groups (broad SMARTS) is 1. The number of fused-ring (bicyclic) bond motifs is 1. The normalized spacial score (nSPS) is 16.5. The third kappa shape index (κ3) is 2.15. The molecule has 0 amide bonds. The molecule has 2 aromatic heterocycles. The van der Waals surface area contributed by atoms with Gasteiger partial charge in [0.05, 0.1) is 18.3 Å². The molecule has 6 heteroatoms. The van der Waals surface area contributed by atoms with Crippen LogP contribution in [0.15, 0.2) is 6.07 Å². The molecule has 0 unspecified atom stereocenters. The average molecular weight is 280 g/mol. The van der Waals surface area contributed by atoms with E-state index < -0.39 is 5.97 Å². The molecule has 0 aromatic carbocycles. The molecule has 0 radical (unpaired) electrons. The third-order valence-electron chi connectivity index (χ3n) is 3.62. The number of aromatic carboxylic acids is 1. The van der Waals surface area contributed by atoms with Crippen molar-refractivity contribution in [2.75, 3.05) is 7.11 Å². The Morgan fingerprint density at radius 3 is 2.95 bits per heavy atom. The summed E-state index contributed by atoms with van der Waals surface area (Å²) in [7, 11) is 1.63. The monoisotopic (exact) mass is 280 g/mol. The van der Waals surface area contributed by atoms with Crippen LogP contribution < -0.4 is 0 Å². The second-order valence-corrected chi connectivity index (χ2v) is 5.93. The van der Waals surface area contributed by atoms with E-state index in [2.05, 4.69) is 5.10 Å². The SMILES string of the molecule is COCc1nn(C2CCCC2)c2sc(C(=O)O)cc12. The molecular weight excluding hydrogens is 264 g/mol. The van der Waals surface area contributed by atoms with E-state index in [-0.39, 0.29) is 0 Å². The summed E-state index contributed by atoms with van der Waals surface area (Å²) in [6.07, 6.45) is 4.71. The van der Waals surface area contributed by atoms with Crippen molar-refractivity contribution in [1.82, 2.24) is 9.78 Å². The first-order valence-electron chi connectivity index (χ1n) is 6.44. The molecule has 0 atom stereocenters. The number of rotatable bonds is 4. The van der Waals surface area contributed by atoms with E-state index in [1.54, 1.807) is 13.2 Å². The van der Waals surface area contributed by atoms with Crippen LogP contribution in [0.1, 0.15) is 47.1 Å². The molecule has 1 N–H and O–H groups in total. The molecular formula is C13H16N2O3S. The molecule has 102 valence electrons. The molecule has 2 aromatic rings. The fourth-order valence-corrected chi connectivity index (χ4v) is 3.78. The summed E-state index contributed by atoms with van der Waals surface area (Å²) >= 11 is 1.31. The molecule has 0 bridgehead atoms. The summed E-state index contributed by atoms with van der Waals surface area (Å²) in [4.78, 5) is 12.5. The van der Waals surface area contributed by atoms with Gasteiger partial charge in [0.25, 0.3) is 0 Å². The van der Waals surface area contributed by atoms with Gasteiger partial charge in [-0.25, -0.2) is 4.79 Å². The van der Waals surface area contributed by atoms with Crippen LogP contribution in [0.2, 0.25) is 0 Å². The number of hydrogen-bond donors (Lipinski definition) is 1. The summed E-state index contributed by atoms with van der Waals surface area (Å²) in [5, 5.41) is 14.7. The van der Waals surface area contributed by atoms with E-state index in [0.29, 0.717) is 17.5 Å². The number of methoxy groups -OCH3 is 1. The van der Waals surface area contributed by atoms with Crippen LogP contribution in [-0.4, -0.2) is 28.0 Å². The maximum absolute atomic E-state index is 11.1. The summed E-state index contributed by atoms with van der Waals surface area (Å²) in [6, 6.07) is 2.13. The molecule has 0 spiro atoms. The first kappa shape index (κ1) is 12.6. The van der Waals surface area contributed by atoms with E-state index in [4.69, 9.17) is 9.84 Å². The average Bonchev–Trinajstić information content (AvgIpc) is 3.05. The summed E-state index contributed by atoms with van der Waals surface area (Å²) < 4.78 is 7.18. The lowest BCUT2D eigenvalue weighted by atomic mass is 10.2. The van der Waals surface area contributed by atoms with Crippen molar-refractivity contribution < 1.29 is 14.6 Å². The Kier molecular flexibility index (Phi) is 3.28. The van der Waals surface area contributed by atoms with Gasteiger partial charge >= 0.3 is 5.97 Å². The highest BCUT2D eigenvalue weighted by Crippen LogP contribution is 2.36. The van der Waals surface area contributed by atoms with Crippen molar-refractivity contribution in [3.8, 4) is 0 Å². The van der Waals surface area contributed by atoms with Crippen LogP contribution in [0.5, 0.6) is 0 Å². The number of thiophene rings is 1. The van der Waals surface area contributed by atoms with Gasteiger partial charge in [0.1, 0.15) is 9.71 Å². The maximum atomic E-state index is 11.1. The van der Waals surface area contributed by atoms with Gasteiger partial charge in [-0.2, -0.15) is 5.10 Å². The van der Waals surface area contributed by atoms with Crippen LogP contribution in [0.3, 0.4) is 0 Å². The predicted molar refractivity (Wildman–Crippen MR) is 72.8 cm³/mol. The summed E-state index contributed by atoms with van der Waals surface area (Å²) in [5.41, 5.74) is 0.841. The van der Waals surface area contributed by atoms with E-state index in [9.17, 15) is 4.79 Å². The van der Waals surface area contributed by atoms with E-state index in [0.717, 1.165) is 28.8 Å². The number of carboxylic acids is 1. The van der Waals surface area contributed by atoms with E-state index >= 15 is 0 Å². The number of nitrogens with zero attached hydrogens (tertiary/aromatic N) is 2. The molecule has 1 aliphatic rings. The van der Waals surface area contributed by atoms with Gasteiger partial charge in [0.15, 0.2) is 0 Å². The van der Waals surface area contributed by atoms with Crippen LogP contribution in [0.25, 0.3) is 10.2 Å². The smallest absolute Gasteiger partial charge is 0.345 e. The lowest BCUT2D eigenvalue weighted by Gasteiger charge is -2.09. The zero-order chi connectivity index (χ0) is 13.4. The molecule has 19 heavy (non-hydrogen) atoms. The van der Waals surface area contributed by atoms with Gasteiger partial charge in [-0.3, -0.25) is 4.68 Å². The van der Waals surface area contributed by atoms with Crippen molar-refractivity contribution in [3.63, 3.8) is 0 Å². The largest absolute Gasteiger partial charge is 0.477 e. The highest BCUT2D eigenvalue weighted by atomic mass is 32.1. The fourth-order valence-electron chi connectivity index (χ4n) is 2.73. The Bertz CT molecular complexity index is 611. The maximum Gasteiger partial charge on any atom is 0.345 e. The van der Waals surface area contributed by atoms with Gasteiger partial charge in [0.2, 0.25) is 0 Å². The lowest BCUT2D eigenvalue weighted by Crippen LogP contribution is -2.06. The standard InChI is InChI=1S/C13H16N2O3S/c1-18-7-10-9-6-11(13(16)17)19-12(9)15(14-10)8-4-2-3-5-8/h6,8H,2-5,7H2,1H3,(H,16,17). The van der Waals surface area contributed by atoms with Crippen molar-refractivity contribution >= 4 is 27.5 Å². The zero-order valence-electron chi connectivity index (χ0n) is 10.8. The van der Waals surface area contributed by atoms with Gasteiger partial charge in [-0.05, 0) is 18.9 Å². The van der Waals surface area contributed by atoms with Gasteiger partial charge < -0.3 is 9.84 Å². The number of carbonyl (C=O) groups is 1. The zero-order valence-corrected chi connectivity index (χ0v) is 11.6. The van der Waals surface area contributed by atoms with Crippen molar-refractivity contribution in [2.24, 2.45) is 0 Å². The van der Waals surface area contributed by atoms with Crippen molar-refractivity contribution in [3.05, 3.63) is 16.6 Å². The minimum atomic E-state index is -0.873. The van der Waals surface area contributed by atoms with Gasteiger partial charge in [-0.15, -0.1) is 11.3 Å². The van der Waals surface area contributed by atoms with Crippen LogP contribution >= 0.6 is 11.3 Å². The molecule has 2 heterocycles. The number of hydrogen-bond acceptors (Lipinski definition) is 4. The summed E-state index contributed by atoms with van der Waals surface area (Å²) in [6.45, 7) is 0.423. The summed E-state index contributed by atoms with van der Waals surface area (Å²) in [5.74, 6) is -0.873. The lowest BCUT2D eigenvalue weighted by molar-refractivity contribution is 0.0702. The predicted octanol–water partition coefficient (Wildman–Crippen LogP) is 3.06. The van der Waals surface area contributed by atoms with Crippen LogP contribution in [0.4, 0.5) is 0 Å². The highest BCUT2D eigenvalue weighted by molar-refractivity contribution is 7.20. The minimum absolute atomic E-state index is 0.372. The molecule has 1 saturated carbocycles. The molecule has 1 aliphatic carbocycles. The van der Waals surface area contributed by atoms with Crippen LogP contribution in [-0.2, 0) is 11.3 Å². The molecule has 0 saturated heterocycles. The third-order valence-corrected chi connectivity index (χ3v) is 4.74. The first-order valence-corrected chi connectivity index (χ1v) is 7.25. The number of ether oxygens (including phenoxy) is 1. The quantitative estimate of drug-likeness (QED) is 0.934. The first-order chi connectivity index (χ1) is 9.20. The van der Waals surface area contributed by atoms with Gasteiger partial charge in [0, 0.05) is 12.5 Å². The van der Waals surface area contributed by atoms with E-state index in [1.807, 2.05) is 4.68 Å². The molecule has 1 fully saturated rings. The van der Waals surface area contributed by atoms with Crippen LogP contribution in [0, 0.1) is 0 Å². The molecule has 5 nitrogen and oxygen atoms in total.